The van der Waals surface area contributed by atoms with E-state index in [0.717, 1.165) is 11.1 Å². The Morgan fingerprint density at radius 1 is 1.00 bits per heavy atom. The number of hydrogen-bond acceptors (Lipinski definition) is 8. The molecular formula is C29H32N4O5S2. The van der Waals surface area contributed by atoms with Crippen LogP contribution in [-0.4, -0.2) is 63.3 Å². The zero-order valence-corrected chi connectivity index (χ0v) is 24.0. The minimum Gasteiger partial charge on any atom is -0.445 e. The van der Waals surface area contributed by atoms with Crippen molar-refractivity contribution in [1.29, 1.82) is 0 Å². The van der Waals surface area contributed by atoms with Crippen molar-refractivity contribution in [2.45, 2.75) is 45.0 Å². The summed E-state index contributed by atoms with van der Waals surface area (Å²) in [5.41, 5.74) is 1.72. The van der Waals surface area contributed by atoms with E-state index in [1.807, 2.05) is 74.5 Å². The lowest BCUT2D eigenvalue weighted by molar-refractivity contribution is -0.140. The number of alkyl carbamates (subject to hydrolysis) is 1. The summed E-state index contributed by atoms with van der Waals surface area (Å²) in [6, 6.07) is 16.2. The lowest BCUT2D eigenvalue weighted by atomic mass is 10.0. The molecule has 2 heterocycles. The van der Waals surface area contributed by atoms with E-state index in [9.17, 15) is 19.2 Å². The normalized spacial score (nSPS) is 16.3. The van der Waals surface area contributed by atoms with Crippen LogP contribution in [0.3, 0.4) is 0 Å². The predicted octanol–water partition coefficient (Wildman–Crippen LogP) is 3.91. The summed E-state index contributed by atoms with van der Waals surface area (Å²) in [5, 5.41) is 7.59. The van der Waals surface area contributed by atoms with Crippen LogP contribution < -0.4 is 10.6 Å². The van der Waals surface area contributed by atoms with Crippen LogP contribution in [0.25, 0.3) is 0 Å². The number of hydrogen-bond donors (Lipinski definition) is 2. The van der Waals surface area contributed by atoms with Gasteiger partial charge in [0.05, 0.1) is 11.9 Å². The minimum absolute atomic E-state index is 0.0756. The van der Waals surface area contributed by atoms with E-state index in [4.69, 9.17) is 4.74 Å². The first-order valence-corrected chi connectivity index (χ1v) is 15.0. The van der Waals surface area contributed by atoms with Gasteiger partial charge in [0.2, 0.25) is 17.6 Å². The molecule has 210 valence electrons. The number of nitrogens with one attached hydrogen (secondary N) is 2. The first-order valence-electron chi connectivity index (χ1n) is 13.0. The molecule has 2 aromatic carbocycles. The topological polar surface area (TPSA) is 118 Å². The third-order valence-corrected chi connectivity index (χ3v) is 8.25. The van der Waals surface area contributed by atoms with E-state index >= 15 is 0 Å². The number of thioether (sulfide) groups is 1. The summed E-state index contributed by atoms with van der Waals surface area (Å²) in [6.07, 6.45) is 1.14. The van der Waals surface area contributed by atoms with Crippen molar-refractivity contribution >= 4 is 46.8 Å². The number of benzene rings is 2. The molecule has 1 aromatic heterocycles. The third-order valence-electron chi connectivity index (χ3n) is 6.45. The van der Waals surface area contributed by atoms with Gasteiger partial charge in [-0.2, -0.15) is 0 Å². The molecule has 1 aliphatic rings. The van der Waals surface area contributed by atoms with Crippen molar-refractivity contribution in [3.63, 3.8) is 0 Å². The number of ketones is 1. The van der Waals surface area contributed by atoms with Crippen LogP contribution >= 0.6 is 23.1 Å². The second-order valence-corrected chi connectivity index (χ2v) is 11.6. The molecular weight excluding hydrogens is 548 g/mol. The monoisotopic (exact) mass is 580 g/mol. The van der Waals surface area contributed by atoms with Gasteiger partial charge in [0.25, 0.3) is 0 Å². The van der Waals surface area contributed by atoms with Gasteiger partial charge in [0.15, 0.2) is 5.01 Å². The Kier molecular flexibility index (Phi) is 10.3. The van der Waals surface area contributed by atoms with Gasteiger partial charge in [-0.15, -0.1) is 23.1 Å². The molecule has 1 saturated heterocycles. The first kappa shape index (κ1) is 29.3. The zero-order chi connectivity index (χ0) is 28.5. The fraction of sp³-hybridized carbons (Fsp3) is 0.345. The van der Waals surface area contributed by atoms with Gasteiger partial charge in [-0.1, -0.05) is 74.5 Å². The number of thiazole rings is 1. The highest BCUT2D eigenvalue weighted by molar-refractivity contribution is 7.99. The Morgan fingerprint density at radius 3 is 2.30 bits per heavy atom. The zero-order valence-electron chi connectivity index (χ0n) is 22.3. The Morgan fingerprint density at radius 2 is 1.68 bits per heavy atom. The molecule has 0 spiro atoms. The molecule has 0 radical (unpaired) electrons. The molecule has 0 unspecified atom stereocenters. The minimum atomic E-state index is -0.880. The lowest BCUT2D eigenvalue weighted by Gasteiger charge is -2.30. The van der Waals surface area contributed by atoms with Crippen LogP contribution in [0.1, 0.15) is 34.8 Å². The molecule has 1 aliphatic heterocycles. The van der Waals surface area contributed by atoms with Crippen LogP contribution in [0.4, 0.5) is 4.79 Å². The summed E-state index contributed by atoms with van der Waals surface area (Å²) in [5.74, 6) is -0.641. The smallest absolute Gasteiger partial charge is 0.408 e. The molecule has 2 N–H and O–H groups in total. The van der Waals surface area contributed by atoms with Crippen molar-refractivity contribution in [2.75, 3.05) is 11.6 Å². The van der Waals surface area contributed by atoms with Gasteiger partial charge in [0, 0.05) is 23.8 Å². The number of Topliss-reactive ketones (excluding diaryl/α,β-unsaturated/α-hetero) is 1. The summed E-state index contributed by atoms with van der Waals surface area (Å²) in [4.78, 5) is 58.5. The maximum Gasteiger partial charge on any atom is 0.408 e. The van der Waals surface area contributed by atoms with Gasteiger partial charge < -0.3 is 20.3 Å². The van der Waals surface area contributed by atoms with Crippen LogP contribution in [0.5, 0.6) is 0 Å². The SMILES string of the molecule is CC(C)[C@H](NC(=O)OCc1ccccc1)C(=O)N1CSC[C@H]1C(=O)N[C@@H](Cc1ccccc1)C(=O)c1nccs1. The standard InChI is InChI=1S/C29H32N4O5S2/c1-19(2)24(32-29(37)38-16-21-11-7-4-8-12-21)28(36)33-18-39-17-23(33)26(35)31-22(15-20-9-5-3-6-10-20)25(34)27-30-13-14-40-27/h3-14,19,22-24H,15-18H2,1-2H3,(H,31,35)(H,32,37)/t22-,23-,24-/m0/s1. The largest absolute Gasteiger partial charge is 0.445 e. The van der Waals surface area contributed by atoms with E-state index in [-0.39, 0.29) is 24.2 Å². The average molecular weight is 581 g/mol. The van der Waals surface area contributed by atoms with Crippen molar-refractivity contribution in [3.8, 4) is 0 Å². The van der Waals surface area contributed by atoms with Gasteiger partial charge in [-0.3, -0.25) is 14.4 Å². The predicted molar refractivity (Wildman–Crippen MR) is 155 cm³/mol. The van der Waals surface area contributed by atoms with Crippen molar-refractivity contribution in [3.05, 3.63) is 88.4 Å². The lowest BCUT2D eigenvalue weighted by Crippen LogP contribution is -2.57. The van der Waals surface area contributed by atoms with E-state index in [2.05, 4.69) is 15.6 Å². The molecule has 0 aliphatic carbocycles. The van der Waals surface area contributed by atoms with Crippen molar-refractivity contribution in [1.82, 2.24) is 20.5 Å². The van der Waals surface area contributed by atoms with Crippen LogP contribution in [-0.2, 0) is 27.4 Å². The molecule has 4 rings (SSSR count). The fourth-order valence-corrected chi connectivity index (χ4v) is 6.08. The molecule has 3 amide bonds. The highest BCUT2D eigenvalue weighted by Gasteiger charge is 2.40. The first-order chi connectivity index (χ1) is 19.3. The number of carbonyl (C=O) groups is 4. The highest BCUT2D eigenvalue weighted by atomic mass is 32.2. The maximum absolute atomic E-state index is 13.6. The summed E-state index contributed by atoms with van der Waals surface area (Å²) < 4.78 is 5.32. The highest BCUT2D eigenvalue weighted by Crippen LogP contribution is 2.24. The number of rotatable bonds is 11. The number of amides is 3. The Hall–Kier alpha value is -3.70. The molecule has 0 saturated carbocycles. The summed E-state index contributed by atoms with van der Waals surface area (Å²) in [6.45, 7) is 3.72. The van der Waals surface area contributed by atoms with Crippen molar-refractivity contribution < 1.29 is 23.9 Å². The number of nitrogens with zero attached hydrogens (tertiary/aromatic N) is 2. The maximum atomic E-state index is 13.6. The molecule has 3 atom stereocenters. The second kappa shape index (κ2) is 14.1. The summed E-state index contributed by atoms with van der Waals surface area (Å²) in [7, 11) is 0. The quantitative estimate of drug-likeness (QED) is 0.330. The molecule has 11 heteroatoms. The molecule has 40 heavy (non-hydrogen) atoms. The Bertz CT molecular complexity index is 1290. The molecule has 0 bridgehead atoms. The average Bonchev–Trinajstić information content (AvgIpc) is 3.68. The Balaban J connectivity index is 1.43. The number of aromatic nitrogens is 1. The van der Waals surface area contributed by atoms with Crippen LogP contribution in [0.2, 0.25) is 0 Å². The van der Waals surface area contributed by atoms with Gasteiger partial charge >= 0.3 is 6.09 Å². The molecule has 3 aromatic rings. The summed E-state index contributed by atoms with van der Waals surface area (Å²) >= 11 is 2.66. The van der Waals surface area contributed by atoms with Crippen molar-refractivity contribution in [2.24, 2.45) is 5.92 Å². The fourth-order valence-electron chi connectivity index (χ4n) is 4.28. The van der Waals surface area contributed by atoms with E-state index in [0.29, 0.717) is 23.1 Å². The van der Waals surface area contributed by atoms with Gasteiger partial charge in [0.1, 0.15) is 18.7 Å². The van der Waals surface area contributed by atoms with E-state index < -0.39 is 30.1 Å². The van der Waals surface area contributed by atoms with Gasteiger partial charge in [-0.25, -0.2) is 9.78 Å². The number of carbonyl (C=O) groups excluding carboxylic acids is 4. The van der Waals surface area contributed by atoms with Crippen LogP contribution in [0.15, 0.2) is 72.2 Å². The third kappa shape index (κ3) is 7.70. The number of ether oxygens (including phenoxy) is 1. The second-order valence-electron chi connectivity index (χ2n) is 9.70. The molecule has 9 nitrogen and oxygen atoms in total. The van der Waals surface area contributed by atoms with Gasteiger partial charge in [-0.05, 0) is 17.0 Å². The molecule has 1 fully saturated rings. The van der Waals surface area contributed by atoms with E-state index in [1.54, 1.807) is 11.6 Å². The Labute approximate surface area is 241 Å². The van der Waals surface area contributed by atoms with Crippen LogP contribution in [0, 0.1) is 5.92 Å². The van der Waals surface area contributed by atoms with E-state index in [1.165, 1.54) is 28.0 Å².